The second-order valence-electron chi connectivity index (χ2n) is 5.95. The third-order valence-electron chi connectivity index (χ3n) is 2.89. The van der Waals surface area contributed by atoms with Crippen LogP contribution in [0.2, 0.25) is 0 Å². The van der Waals surface area contributed by atoms with Crippen LogP contribution in [-0.2, 0) is 4.79 Å². The van der Waals surface area contributed by atoms with Crippen LogP contribution < -0.4 is 10.6 Å². The number of carbonyl (C=O) groups is 2. The zero-order chi connectivity index (χ0) is 15.9. The van der Waals surface area contributed by atoms with Crippen LogP contribution in [0.5, 0.6) is 0 Å². The lowest BCUT2D eigenvalue weighted by Crippen LogP contribution is -2.45. The predicted molar refractivity (Wildman–Crippen MR) is 88.7 cm³/mol. The van der Waals surface area contributed by atoms with E-state index in [0.717, 1.165) is 15.3 Å². The molecule has 116 valence electrons. The maximum Gasteiger partial charge on any atom is 0.261 e. The second kappa shape index (κ2) is 5.36. The standard InChI is InChI=1S/C14H16N4O2S2/c1-14(2,3)17-10(19)7-15-11(20)9-6-8-12(22-9)16-13-18(8)4-5-21-13/h4-6H,7H2,1-3H3,(H,15,20)(H,17,19). The van der Waals surface area contributed by atoms with Crippen LogP contribution in [0.15, 0.2) is 17.6 Å². The van der Waals surface area contributed by atoms with Crippen LogP contribution in [0, 0.1) is 0 Å². The minimum absolute atomic E-state index is 0.0351. The van der Waals surface area contributed by atoms with Gasteiger partial charge in [-0.25, -0.2) is 4.98 Å². The summed E-state index contributed by atoms with van der Waals surface area (Å²) in [5, 5.41) is 7.40. The van der Waals surface area contributed by atoms with Gasteiger partial charge in [0.25, 0.3) is 5.91 Å². The van der Waals surface area contributed by atoms with E-state index in [0.29, 0.717) is 4.88 Å². The number of rotatable bonds is 3. The van der Waals surface area contributed by atoms with Crippen LogP contribution in [-0.4, -0.2) is 33.3 Å². The number of carbonyl (C=O) groups excluding carboxylic acids is 2. The summed E-state index contributed by atoms with van der Waals surface area (Å²) in [4.78, 5) is 30.6. The summed E-state index contributed by atoms with van der Waals surface area (Å²) in [5.74, 6) is -0.458. The van der Waals surface area contributed by atoms with Crippen LogP contribution >= 0.6 is 22.7 Å². The Morgan fingerprint density at radius 3 is 2.86 bits per heavy atom. The molecule has 2 N–H and O–H groups in total. The molecule has 0 aliphatic rings. The minimum atomic E-state index is -0.309. The van der Waals surface area contributed by atoms with Crippen LogP contribution in [0.4, 0.5) is 0 Å². The fourth-order valence-corrected chi connectivity index (χ4v) is 3.79. The van der Waals surface area contributed by atoms with E-state index in [1.54, 1.807) is 11.3 Å². The number of aromatic nitrogens is 2. The molecule has 2 amide bonds. The van der Waals surface area contributed by atoms with Gasteiger partial charge in [-0.3, -0.25) is 14.0 Å². The van der Waals surface area contributed by atoms with Crippen LogP contribution in [0.1, 0.15) is 30.4 Å². The maximum absolute atomic E-state index is 12.1. The SMILES string of the molecule is CC(C)(C)NC(=O)CNC(=O)c1cc2c(nc3sccn32)s1. The maximum atomic E-state index is 12.1. The van der Waals surface area contributed by atoms with E-state index < -0.39 is 0 Å². The van der Waals surface area contributed by atoms with E-state index in [9.17, 15) is 9.59 Å². The molecule has 8 heteroatoms. The van der Waals surface area contributed by atoms with Gasteiger partial charge in [0, 0.05) is 17.1 Å². The molecular weight excluding hydrogens is 320 g/mol. The highest BCUT2D eigenvalue weighted by Crippen LogP contribution is 2.28. The van der Waals surface area contributed by atoms with Gasteiger partial charge in [0.1, 0.15) is 4.83 Å². The molecule has 0 bridgehead atoms. The topological polar surface area (TPSA) is 75.5 Å². The van der Waals surface area contributed by atoms with Crippen molar-refractivity contribution in [3.8, 4) is 0 Å². The van der Waals surface area contributed by atoms with Gasteiger partial charge >= 0.3 is 0 Å². The molecule has 0 saturated carbocycles. The number of thiazole rings is 1. The molecule has 3 heterocycles. The second-order valence-corrected chi connectivity index (χ2v) is 7.85. The largest absolute Gasteiger partial charge is 0.350 e. The number of imidazole rings is 1. The van der Waals surface area contributed by atoms with Crippen molar-refractivity contribution >= 4 is 49.8 Å². The van der Waals surface area contributed by atoms with Crippen LogP contribution in [0.3, 0.4) is 0 Å². The Bertz CT molecular complexity index is 853. The summed E-state index contributed by atoms with van der Waals surface area (Å²) < 4.78 is 1.96. The van der Waals surface area contributed by atoms with E-state index in [4.69, 9.17) is 0 Å². The van der Waals surface area contributed by atoms with E-state index in [2.05, 4.69) is 15.6 Å². The Balaban J connectivity index is 1.69. The third kappa shape index (κ3) is 2.97. The van der Waals surface area contributed by atoms with Crippen molar-refractivity contribution in [3.63, 3.8) is 0 Å². The first-order valence-corrected chi connectivity index (χ1v) is 8.47. The average Bonchev–Trinajstić information content (AvgIpc) is 3.04. The smallest absolute Gasteiger partial charge is 0.261 e. The number of amides is 2. The first-order chi connectivity index (χ1) is 10.3. The molecule has 0 aliphatic heterocycles. The summed E-state index contributed by atoms with van der Waals surface area (Å²) in [6, 6.07) is 1.81. The molecule has 3 aromatic rings. The molecule has 0 fully saturated rings. The highest BCUT2D eigenvalue weighted by Gasteiger charge is 2.17. The quantitative estimate of drug-likeness (QED) is 0.770. The number of hydrogen-bond donors (Lipinski definition) is 2. The van der Waals surface area contributed by atoms with E-state index in [-0.39, 0.29) is 23.9 Å². The lowest BCUT2D eigenvalue weighted by Gasteiger charge is -2.20. The Kier molecular flexibility index (Phi) is 3.65. The van der Waals surface area contributed by atoms with Gasteiger partial charge in [0.2, 0.25) is 5.91 Å². The Morgan fingerprint density at radius 2 is 2.14 bits per heavy atom. The van der Waals surface area contributed by atoms with Crippen molar-refractivity contribution in [2.24, 2.45) is 0 Å². The summed E-state index contributed by atoms with van der Waals surface area (Å²) >= 11 is 2.89. The summed E-state index contributed by atoms with van der Waals surface area (Å²) in [6.45, 7) is 5.65. The van der Waals surface area contributed by atoms with Gasteiger partial charge < -0.3 is 10.6 Å². The molecule has 0 aliphatic carbocycles. The van der Waals surface area contributed by atoms with Crippen LogP contribution in [0.25, 0.3) is 15.3 Å². The summed E-state index contributed by atoms with van der Waals surface area (Å²) in [6.07, 6.45) is 1.93. The van der Waals surface area contributed by atoms with Crippen molar-refractivity contribution in [1.82, 2.24) is 20.0 Å². The van der Waals surface area contributed by atoms with Gasteiger partial charge in [0.15, 0.2) is 4.96 Å². The summed E-state index contributed by atoms with van der Waals surface area (Å²) in [7, 11) is 0. The number of hydrogen-bond acceptors (Lipinski definition) is 5. The lowest BCUT2D eigenvalue weighted by molar-refractivity contribution is -0.121. The van der Waals surface area contributed by atoms with Gasteiger partial charge in [-0.15, -0.1) is 22.7 Å². The van der Waals surface area contributed by atoms with Crippen molar-refractivity contribution in [2.75, 3.05) is 6.54 Å². The molecule has 0 spiro atoms. The molecule has 0 aromatic carbocycles. The van der Waals surface area contributed by atoms with E-state index >= 15 is 0 Å². The average molecular weight is 336 g/mol. The monoisotopic (exact) mass is 336 g/mol. The molecule has 3 rings (SSSR count). The zero-order valence-corrected chi connectivity index (χ0v) is 14.1. The number of nitrogens with zero attached hydrogens (tertiary/aromatic N) is 2. The molecule has 6 nitrogen and oxygen atoms in total. The first kappa shape index (κ1) is 15.0. The predicted octanol–water partition coefficient (Wildman–Crippen LogP) is 2.25. The molecule has 0 unspecified atom stereocenters. The van der Waals surface area contributed by atoms with Gasteiger partial charge in [-0.2, -0.15) is 0 Å². The van der Waals surface area contributed by atoms with Gasteiger partial charge in [-0.1, -0.05) is 0 Å². The minimum Gasteiger partial charge on any atom is -0.350 e. The van der Waals surface area contributed by atoms with Crippen molar-refractivity contribution in [1.29, 1.82) is 0 Å². The zero-order valence-electron chi connectivity index (χ0n) is 12.5. The normalized spacial score (nSPS) is 12.0. The van der Waals surface area contributed by atoms with E-state index in [1.807, 2.05) is 42.8 Å². The lowest BCUT2D eigenvalue weighted by atomic mass is 10.1. The van der Waals surface area contributed by atoms with Crippen molar-refractivity contribution in [2.45, 2.75) is 26.3 Å². The molecule has 0 radical (unpaired) electrons. The molecule has 0 saturated heterocycles. The van der Waals surface area contributed by atoms with Crippen molar-refractivity contribution in [3.05, 3.63) is 22.5 Å². The highest BCUT2D eigenvalue weighted by molar-refractivity contribution is 7.21. The molecular formula is C14H16N4O2S2. The molecule has 22 heavy (non-hydrogen) atoms. The number of fused-ring (bicyclic) bond motifs is 3. The molecule has 3 aromatic heterocycles. The van der Waals surface area contributed by atoms with Crippen molar-refractivity contribution < 1.29 is 9.59 Å². The molecule has 0 atom stereocenters. The number of thiophene rings is 1. The fraction of sp³-hybridized carbons (Fsp3) is 0.357. The van der Waals surface area contributed by atoms with Gasteiger partial charge in [0.05, 0.1) is 16.9 Å². The summed E-state index contributed by atoms with van der Waals surface area (Å²) in [5.41, 5.74) is 0.613. The Hall–Kier alpha value is -1.93. The van der Waals surface area contributed by atoms with E-state index in [1.165, 1.54) is 11.3 Å². The Morgan fingerprint density at radius 1 is 1.36 bits per heavy atom. The van der Waals surface area contributed by atoms with Gasteiger partial charge in [-0.05, 0) is 26.8 Å². The Labute approximate surface area is 135 Å². The third-order valence-corrected chi connectivity index (χ3v) is 4.66. The first-order valence-electron chi connectivity index (χ1n) is 6.78. The number of nitrogens with one attached hydrogen (secondary N) is 2. The fourth-order valence-electron chi connectivity index (χ4n) is 2.07. The highest BCUT2D eigenvalue weighted by atomic mass is 32.1.